The molecule has 1 aromatic carbocycles. The number of allylic oxidation sites excluding steroid dienone is 1. The second-order valence-corrected chi connectivity index (χ2v) is 6.26. The molecule has 0 aliphatic heterocycles. The summed E-state index contributed by atoms with van der Waals surface area (Å²) in [5.41, 5.74) is -0.0286. The number of ketones is 1. The smallest absolute Gasteiger partial charge is 0.269 e. The normalized spacial score (nSPS) is 11.2. The first-order valence-electron chi connectivity index (χ1n) is 6.91. The lowest BCUT2D eigenvalue weighted by molar-refractivity contribution is -0.384. The van der Waals surface area contributed by atoms with Crippen molar-refractivity contribution in [1.82, 2.24) is 9.97 Å². The van der Waals surface area contributed by atoms with Gasteiger partial charge in [-0.15, -0.1) is 11.3 Å². The van der Waals surface area contributed by atoms with E-state index in [9.17, 15) is 19.7 Å². The van der Waals surface area contributed by atoms with Crippen molar-refractivity contribution < 1.29 is 9.72 Å². The highest BCUT2D eigenvalue weighted by atomic mass is 32.1. The molecule has 3 rings (SSSR count). The molecule has 1 N–H and O–H groups in total. The fourth-order valence-corrected chi connectivity index (χ4v) is 3.03. The molecule has 2 heterocycles. The summed E-state index contributed by atoms with van der Waals surface area (Å²) >= 11 is 1.40. The molecular formula is C16H11N3O4S. The van der Waals surface area contributed by atoms with Crippen LogP contribution in [-0.4, -0.2) is 20.7 Å². The summed E-state index contributed by atoms with van der Waals surface area (Å²) in [5, 5.41) is 11.1. The van der Waals surface area contributed by atoms with Gasteiger partial charge in [0, 0.05) is 22.6 Å². The van der Waals surface area contributed by atoms with Crippen molar-refractivity contribution in [1.29, 1.82) is 0 Å². The summed E-state index contributed by atoms with van der Waals surface area (Å²) in [6.07, 6.45) is 2.69. The molecule has 0 spiro atoms. The van der Waals surface area contributed by atoms with Gasteiger partial charge in [-0.05, 0) is 37.3 Å². The van der Waals surface area contributed by atoms with Gasteiger partial charge in [0.05, 0.1) is 10.3 Å². The number of aromatic amines is 1. The summed E-state index contributed by atoms with van der Waals surface area (Å²) in [4.78, 5) is 42.6. The molecule has 0 radical (unpaired) electrons. The van der Waals surface area contributed by atoms with Gasteiger partial charge in [0.2, 0.25) is 0 Å². The Kier molecular flexibility index (Phi) is 4.05. The van der Waals surface area contributed by atoms with Gasteiger partial charge in [0.25, 0.3) is 11.2 Å². The van der Waals surface area contributed by atoms with Crippen molar-refractivity contribution in [2.24, 2.45) is 0 Å². The third-order valence-corrected chi connectivity index (χ3v) is 4.24. The van der Waals surface area contributed by atoms with Crippen molar-refractivity contribution in [3.05, 3.63) is 73.1 Å². The highest BCUT2D eigenvalue weighted by Gasteiger charge is 2.08. The molecule has 0 aliphatic carbocycles. The number of thiophene rings is 1. The van der Waals surface area contributed by atoms with E-state index < -0.39 is 4.92 Å². The number of rotatable bonds is 4. The number of aryl methyl sites for hydroxylation is 1. The lowest BCUT2D eigenvalue weighted by Gasteiger charge is -1.96. The van der Waals surface area contributed by atoms with Gasteiger partial charge in [-0.2, -0.15) is 0 Å². The van der Waals surface area contributed by atoms with E-state index in [0.717, 1.165) is 4.88 Å². The fourth-order valence-electron chi connectivity index (χ4n) is 2.15. The van der Waals surface area contributed by atoms with Crippen molar-refractivity contribution in [2.45, 2.75) is 6.92 Å². The Hall–Kier alpha value is -3.13. The van der Waals surface area contributed by atoms with Crippen LogP contribution in [0.1, 0.15) is 21.1 Å². The predicted molar refractivity (Wildman–Crippen MR) is 91.4 cm³/mol. The molecular weight excluding hydrogens is 330 g/mol. The van der Waals surface area contributed by atoms with E-state index in [0.29, 0.717) is 15.8 Å². The Balaban J connectivity index is 1.86. The lowest BCUT2D eigenvalue weighted by atomic mass is 10.1. The number of H-pyrrole nitrogens is 1. The first kappa shape index (κ1) is 15.8. The second-order valence-electron chi connectivity index (χ2n) is 5.03. The summed E-state index contributed by atoms with van der Waals surface area (Å²) in [6, 6.07) is 7.06. The first-order valence-corrected chi connectivity index (χ1v) is 7.73. The molecule has 2 aromatic heterocycles. The van der Waals surface area contributed by atoms with Crippen LogP contribution in [0.5, 0.6) is 0 Å². The van der Waals surface area contributed by atoms with Crippen LogP contribution in [0, 0.1) is 17.0 Å². The molecule has 120 valence electrons. The maximum atomic E-state index is 12.1. The van der Waals surface area contributed by atoms with Crippen molar-refractivity contribution in [2.75, 3.05) is 0 Å². The lowest BCUT2D eigenvalue weighted by Crippen LogP contribution is -2.08. The number of nitrogens with one attached hydrogen (secondary N) is 1. The fraction of sp³-hybridized carbons (Fsp3) is 0.0625. The standard InChI is InChI=1S/C16H11N3O4S/c1-9-8-12-15(21)17-14(18-16(12)24-9)7-6-13(20)10-2-4-11(5-3-10)19(22)23/h2-8H,1H3,(H,17,18,21)/b7-6+. The van der Waals surface area contributed by atoms with Gasteiger partial charge in [-0.1, -0.05) is 0 Å². The first-order chi connectivity index (χ1) is 11.4. The molecule has 0 fully saturated rings. The second kappa shape index (κ2) is 6.17. The van der Waals surface area contributed by atoms with Crippen LogP contribution in [0.4, 0.5) is 5.69 Å². The van der Waals surface area contributed by atoms with E-state index >= 15 is 0 Å². The van der Waals surface area contributed by atoms with E-state index in [1.54, 1.807) is 6.07 Å². The molecule has 0 bridgehead atoms. The number of nitro groups is 1. The minimum Gasteiger partial charge on any atom is -0.306 e. The van der Waals surface area contributed by atoms with Crippen molar-refractivity contribution in [3.63, 3.8) is 0 Å². The van der Waals surface area contributed by atoms with Crippen LogP contribution in [0.25, 0.3) is 16.3 Å². The number of carbonyl (C=O) groups excluding carboxylic acids is 1. The average molecular weight is 341 g/mol. The number of fused-ring (bicyclic) bond motifs is 1. The topological polar surface area (TPSA) is 106 Å². The van der Waals surface area contributed by atoms with Gasteiger partial charge in [0.1, 0.15) is 10.7 Å². The zero-order valence-electron chi connectivity index (χ0n) is 12.5. The van der Waals surface area contributed by atoms with Gasteiger partial charge in [0.15, 0.2) is 5.78 Å². The van der Waals surface area contributed by atoms with Gasteiger partial charge < -0.3 is 4.98 Å². The third kappa shape index (κ3) is 3.13. The van der Waals surface area contributed by atoms with E-state index in [2.05, 4.69) is 9.97 Å². The quantitative estimate of drug-likeness (QED) is 0.340. The number of aromatic nitrogens is 2. The molecule has 0 atom stereocenters. The molecule has 8 heteroatoms. The molecule has 0 aliphatic rings. The monoisotopic (exact) mass is 341 g/mol. The maximum Gasteiger partial charge on any atom is 0.269 e. The highest BCUT2D eigenvalue weighted by molar-refractivity contribution is 7.18. The third-order valence-electron chi connectivity index (χ3n) is 3.30. The Morgan fingerprint density at radius 2 is 2.04 bits per heavy atom. The van der Waals surface area contributed by atoms with E-state index in [-0.39, 0.29) is 22.9 Å². The Bertz CT molecular complexity index is 1030. The number of hydrogen-bond donors (Lipinski definition) is 1. The molecule has 0 unspecified atom stereocenters. The van der Waals surface area contributed by atoms with Crippen molar-refractivity contribution >= 4 is 39.1 Å². The van der Waals surface area contributed by atoms with E-state index in [4.69, 9.17) is 0 Å². The minimum absolute atomic E-state index is 0.0833. The van der Waals surface area contributed by atoms with E-state index in [1.165, 1.54) is 47.8 Å². The molecule has 0 saturated carbocycles. The van der Waals surface area contributed by atoms with Crippen LogP contribution >= 0.6 is 11.3 Å². The number of non-ortho nitro benzene ring substituents is 1. The number of nitrogens with zero attached hydrogens (tertiary/aromatic N) is 2. The highest BCUT2D eigenvalue weighted by Crippen LogP contribution is 2.20. The van der Waals surface area contributed by atoms with Gasteiger partial charge >= 0.3 is 0 Å². The van der Waals surface area contributed by atoms with Crippen LogP contribution in [0.15, 0.2) is 41.2 Å². The van der Waals surface area contributed by atoms with E-state index in [1.807, 2.05) is 6.92 Å². The minimum atomic E-state index is -0.531. The molecule has 7 nitrogen and oxygen atoms in total. The molecule has 24 heavy (non-hydrogen) atoms. The molecule has 0 amide bonds. The number of hydrogen-bond acceptors (Lipinski definition) is 6. The molecule has 0 saturated heterocycles. The van der Waals surface area contributed by atoms with Crippen LogP contribution < -0.4 is 5.56 Å². The van der Waals surface area contributed by atoms with Crippen LogP contribution in [0.3, 0.4) is 0 Å². The van der Waals surface area contributed by atoms with Crippen molar-refractivity contribution in [3.8, 4) is 0 Å². The SMILES string of the molecule is Cc1cc2c(=O)[nH]c(/C=C/C(=O)c3ccc([N+](=O)[O-])cc3)nc2s1. The summed E-state index contributed by atoms with van der Waals surface area (Å²) in [7, 11) is 0. The summed E-state index contributed by atoms with van der Waals surface area (Å²) in [6.45, 7) is 1.89. The average Bonchev–Trinajstić information content (AvgIpc) is 2.93. The number of nitro benzene ring substituents is 1. The van der Waals surface area contributed by atoms with Gasteiger partial charge in [-0.3, -0.25) is 19.7 Å². The van der Waals surface area contributed by atoms with Crippen LogP contribution in [0.2, 0.25) is 0 Å². The summed E-state index contributed by atoms with van der Waals surface area (Å²) in [5.74, 6) is -0.0559. The Labute approximate surface area is 139 Å². The van der Waals surface area contributed by atoms with Gasteiger partial charge in [-0.25, -0.2) is 4.98 Å². The largest absolute Gasteiger partial charge is 0.306 e. The summed E-state index contributed by atoms with van der Waals surface area (Å²) < 4.78 is 0. The molecule has 3 aromatic rings. The Morgan fingerprint density at radius 1 is 1.33 bits per heavy atom. The van der Waals surface area contributed by atoms with Crippen LogP contribution in [-0.2, 0) is 0 Å². The zero-order chi connectivity index (χ0) is 17.3. The maximum absolute atomic E-state index is 12.1. The number of benzene rings is 1. The zero-order valence-corrected chi connectivity index (χ0v) is 13.3. The Morgan fingerprint density at radius 3 is 2.71 bits per heavy atom. The predicted octanol–water partition coefficient (Wildman–Crippen LogP) is 3.10. The number of carbonyl (C=O) groups is 1.